The van der Waals surface area contributed by atoms with Crippen LogP contribution < -0.4 is 4.31 Å². The largest absolute Gasteiger partial charge is 0.337 e. The van der Waals surface area contributed by atoms with Gasteiger partial charge in [0.05, 0.1) is 22.7 Å². The first-order valence-electron chi connectivity index (χ1n) is 9.27. The van der Waals surface area contributed by atoms with E-state index in [0.29, 0.717) is 31.5 Å². The number of benzene rings is 1. The van der Waals surface area contributed by atoms with Gasteiger partial charge in [0.2, 0.25) is 10.0 Å². The summed E-state index contributed by atoms with van der Waals surface area (Å²) >= 11 is 0. The van der Waals surface area contributed by atoms with Gasteiger partial charge in [-0.05, 0) is 37.8 Å². The molecule has 2 aliphatic rings. The molecule has 0 spiro atoms. The zero-order valence-electron chi connectivity index (χ0n) is 15.6. The fourth-order valence-electron chi connectivity index (χ4n) is 4.00. The van der Waals surface area contributed by atoms with E-state index in [-0.39, 0.29) is 12.5 Å². The number of rotatable bonds is 3. The molecule has 1 aromatic carbocycles. The van der Waals surface area contributed by atoms with Crippen molar-refractivity contribution in [2.75, 3.05) is 23.9 Å². The number of carbonyl (C=O) groups excluding carboxylic acids is 1. The fraction of sp³-hybridized carbons (Fsp3) is 0.474. The molecule has 0 saturated carbocycles. The summed E-state index contributed by atoms with van der Waals surface area (Å²) in [5.74, 6) is -0.137. The number of nitrogens with zero attached hydrogens (tertiary/aromatic N) is 4. The second-order valence-electron chi connectivity index (χ2n) is 7.28. The van der Waals surface area contributed by atoms with Gasteiger partial charge in [0.25, 0.3) is 5.91 Å². The summed E-state index contributed by atoms with van der Waals surface area (Å²) in [6, 6.07) is 7.65. The summed E-state index contributed by atoms with van der Waals surface area (Å²) in [7, 11) is -1.72. The highest BCUT2D eigenvalue weighted by Crippen LogP contribution is 2.33. The van der Waals surface area contributed by atoms with Gasteiger partial charge < -0.3 is 4.90 Å². The maximum Gasteiger partial charge on any atom is 0.257 e. The molecule has 7 nitrogen and oxygen atoms in total. The first-order valence-corrected chi connectivity index (χ1v) is 10.8. The van der Waals surface area contributed by atoms with Gasteiger partial charge in [0, 0.05) is 32.4 Å². The van der Waals surface area contributed by atoms with Crippen molar-refractivity contribution in [3.63, 3.8) is 0 Å². The number of para-hydroxylation sites is 1. The molecule has 0 radical (unpaired) electrons. The van der Waals surface area contributed by atoms with Crippen LogP contribution in [0.4, 0.5) is 5.69 Å². The van der Waals surface area contributed by atoms with E-state index >= 15 is 0 Å². The molecular formula is C19H24N4O3S. The highest BCUT2D eigenvalue weighted by molar-refractivity contribution is 7.93. The van der Waals surface area contributed by atoms with Gasteiger partial charge >= 0.3 is 0 Å². The summed E-state index contributed by atoms with van der Waals surface area (Å²) in [5.41, 5.74) is 3.18. The smallest absolute Gasteiger partial charge is 0.257 e. The van der Waals surface area contributed by atoms with E-state index in [1.54, 1.807) is 22.8 Å². The quantitative estimate of drug-likeness (QED) is 0.802. The maximum atomic E-state index is 13.3. The Labute approximate surface area is 159 Å². The van der Waals surface area contributed by atoms with Crippen LogP contribution in [0.25, 0.3) is 0 Å². The van der Waals surface area contributed by atoms with Crippen LogP contribution in [-0.4, -0.2) is 53.9 Å². The SMILES string of the molecule is Cc1c(C(=O)N2CCCC(S(=O)(=O)N3CCc4ccccc43)C2)cnn1C. The van der Waals surface area contributed by atoms with E-state index in [9.17, 15) is 13.2 Å². The van der Waals surface area contributed by atoms with E-state index in [0.717, 1.165) is 23.4 Å². The van der Waals surface area contributed by atoms with Crippen molar-refractivity contribution in [1.82, 2.24) is 14.7 Å². The molecule has 1 amide bonds. The van der Waals surface area contributed by atoms with Gasteiger partial charge in [-0.25, -0.2) is 8.42 Å². The molecule has 1 atom stereocenters. The molecule has 1 unspecified atom stereocenters. The van der Waals surface area contributed by atoms with Crippen molar-refractivity contribution in [3.05, 3.63) is 47.3 Å². The Morgan fingerprint density at radius 1 is 1.22 bits per heavy atom. The lowest BCUT2D eigenvalue weighted by atomic mass is 10.1. The Balaban J connectivity index is 1.56. The predicted molar refractivity (Wildman–Crippen MR) is 103 cm³/mol. The third-order valence-corrected chi connectivity index (χ3v) is 7.92. The molecule has 144 valence electrons. The van der Waals surface area contributed by atoms with Gasteiger partial charge in [-0.1, -0.05) is 18.2 Å². The number of carbonyl (C=O) groups is 1. The number of aromatic nitrogens is 2. The number of hydrogen-bond donors (Lipinski definition) is 0. The topological polar surface area (TPSA) is 75.5 Å². The molecule has 2 aromatic rings. The lowest BCUT2D eigenvalue weighted by molar-refractivity contribution is 0.0726. The number of sulfonamides is 1. The molecule has 0 aliphatic carbocycles. The number of anilines is 1. The van der Waals surface area contributed by atoms with Crippen LogP contribution >= 0.6 is 0 Å². The Kier molecular flexibility index (Phi) is 4.46. The molecule has 8 heteroatoms. The zero-order chi connectivity index (χ0) is 19.2. The molecular weight excluding hydrogens is 364 g/mol. The maximum absolute atomic E-state index is 13.3. The van der Waals surface area contributed by atoms with E-state index in [1.165, 1.54) is 4.31 Å². The van der Waals surface area contributed by atoms with Crippen LogP contribution in [0, 0.1) is 6.92 Å². The van der Waals surface area contributed by atoms with Gasteiger partial charge in [-0.3, -0.25) is 13.8 Å². The number of amides is 1. The number of fused-ring (bicyclic) bond motifs is 1. The normalized spacial score (nSPS) is 20.0. The third-order valence-electron chi connectivity index (χ3n) is 5.70. The Morgan fingerprint density at radius 2 is 2.00 bits per heavy atom. The van der Waals surface area contributed by atoms with E-state index in [1.807, 2.05) is 31.2 Å². The van der Waals surface area contributed by atoms with E-state index in [2.05, 4.69) is 5.10 Å². The van der Waals surface area contributed by atoms with Crippen molar-refractivity contribution in [1.29, 1.82) is 0 Å². The molecule has 2 aliphatic heterocycles. The van der Waals surface area contributed by atoms with Crippen LogP contribution in [0.15, 0.2) is 30.5 Å². The van der Waals surface area contributed by atoms with Gasteiger partial charge in [0.1, 0.15) is 0 Å². The van der Waals surface area contributed by atoms with Gasteiger partial charge in [-0.15, -0.1) is 0 Å². The van der Waals surface area contributed by atoms with Crippen molar-refractivity contribution in [2.24, 2.45) is 7.05 Å². The van der Waals surface area contributed by atoms with Crippen LogP contribution in [0.5, 0.6) is 0 Å². The van der Waals surface area contributed by atoms with Crippen LogP contribution in [0.2, 0.25) is 0 Å². The third kappa shape index (κ3) is 3.01. The standard InChI is InChI=1S/C19H24N4O3S/c1-14-17(12-20-21(14)2)19(24)22-10-5-7-16(13-22)27(25,26)23-11-9-15-6-3-4-8-18(15)23/h3-4,6,8,12,16H,5,7,9-11,13H2,1-2H3. The molecule has 1 saturated heterocycles. The highest BCUT2D eigenvalue weighted by atomic mass is 32.2. The fourth-order valence-corrected chi connectivity index (χ4v) is 5.99. The lowest BCUT2D eigenvalue weighted by Crippen LogP contribution is -2.49. The first-order chi connectivity index (χ1) is 12.9. The highest BCUT2D eigenvalue weighted by Gasteiger charge is 2.39. The summed E-state index contributed by atoms with van der Waals surface area (Å²) in [5, 5.41) is 3.56. The minimum absolute atomic E-state index is 0.137. The number of piperidine rings is 1. The Bertz CT molecular complexity index is 983. The zero-order valence-corrected chi connectivity index (χ0v) is 16.4. The molecule has 0 N–H and O–H groups in total. The minimum atomic E-state index is -3.51. The first kappa shape index (κ1) is 18.0. The Hall–Kier alpha value is -2.35. The van der Waals surface area contributed by atoms with Crippen molar-refractivity contribution in [3.8, 4) is 0 Å². The minimum Gasteiger partial charge on any atom is -0.337 e. The summed E-state index contributed by atoms with van der Waals surface area (Å²) in [4.78, 5) is 14.6. The molecule has 27 heavy (non-hydrogen) atoms. The molecule has 0 bridgehead atoms. The molecule has 1 fully saturated rings. The molecule has 1 aromatic heterocycles. The van der Waals surface area contributed by atoms with Crippen LogP contribution in [0.3, 0.4) is 0 Å². The van der Waals surface area contributed by atoms with Crippen molar-refractivity contribution >= 4 is 21.6 Å². The average Bonchev–Trinajstić information content (AvgIpc) is 3.26. The van der Waals surface area contributed by atoms with Crippen molar-refractivity contribution < 1.29 is 13.2 Å². The summed E-state index contributed by atoms with van der Waals surface area (Å²) < 4.78 is 29.8. The van der Waals surface area contributed by atoms with Gasteiger partial charge in [-0.2, -0.15) is 5.10 Å². The number of hydrogen-bond acceptors (Lipinski definition) is 4. The van der Waals surface area contributed by atoms with E-state index < -0.39 is 15.3 Å². The Morgan fingerprint density at radius 3 is 2.74 bits per heavy atom. The molecule has 4 rings (SSSR count). The second-order valence-corrected chi connectivity index (χ2v) is 9.42. The summed E-state index contributed by atoms with van der Waals surface area (Å²) in [6.45, 7) is 3.14. The predicted octanol–water partition coefficient (Wildman–Crippen LogP) is 1.73. The van der Waals surface area contributed by atoms with Gasteiger partial charge in [0.15, 0.2) is 0 Å². The second kappa shape index (κ2) is 6.67. The number of aryl methyl sites for hydroxylation is 1. The van der Waals surface area contributed by atoms with Crippen LogP contribution in [-0.2, 0) is 23.5 Å². The van der Waals surface area contributed by atoms with Crippen LogP contribution in [0.1, 0.15) is 34.5 Å². The monoisotopic (exact) mass is 388 g/mol. The average molecular weight is 388 g/mol. The summed E-state index contributed by atoms with van der Waals surface area (Å²) in [6.07, 6.45) is 3.56. The molecule has 3 heterocycles. The lowest BCUT2D eigenvalue weighted by Gasteiger charge is -2.35. The van der Waals surface area contributed by atoms with Crippen molar-refractivity contribution in [2.45, 2.75) is 31.4 Å². The number of likely N-dealkylation sites (tertiary alicyclic amines) is 1. The van der Waals surface area contributed by atoms with E-state index in [4.69, 9.17) is 0 Å².